The van der Waals surface area contributed by atoms with Crippen molar-refractivity contribution in [3.8, 4) is 0 Å². The van der Waals surface area contributed by atoms with Gasteiger partial charge in [0.1, 0.15) is 5.76 Å². The van der Waals surface area contributed by atoms with Gasteiger partial charge in [0.2, 0.25) is 11.8 Å². The van der Waals surface area contributed by atoms with E-state index in [1.807, 2.05) is 11.0 Å². The smallest absolute Gasteiger partial charge is 0.246 e. The van der Waals surface area contributed by atoms with Gasteiger partial charge >= 0.3 is 0 Å². The van der Waals surface area contributed by atoms with Gasteiger partial charge in [-0.1, -0.05) is 12.8 Å². The average Bonchev–Trinajstić information content (AvgIpc) is 3.32. The van der Waals surface area contributed by atoms with Crippen molar-refractivity contribution in [3.05, 3.63) is 30.2 Å². The molecule has 0 aromatic carbocycles. The van der Waals surface area contributed by atoms with Gasteiger partial charge in [-0.05, 0) is 55.7 Å². The summed E-state index contributed by atoms with van der Waals surface area (Å²) in [4.78, 5) is 26.1. The number of hydrogen-bond acceptors (Lipinski definition) is 3. The molecule has 0 atom stereocenters. The van der Waals surface area contributed by atoms with Gasteiger partial charge in [-0.2, -0.15) is 0 Å². The molecule has 2 amide bonds. The number of hydrogen-bond donors (Lipinski definition) is 1. The van der Waals surface area contributed by atoms with E-state index >= 15 is 0 Å². The average molecular weight is 344 g/mol. The molecule has 2 heterocycles. The number of amides is 2. The van der Waals surface area contributed by atoms with Crippen molar-refractivity contribution in [1.29, 1.82) is 0 Å². The lowest BCUT2D eigenvalue weighted by Crippen LogP contribution is -2.41. The van der Waals surface area contributed by atoms with Crippen LogP contribution >= 0.6 is 0 Å². The van der Waals surface area contributed by atoms with Crippen LogP contribution in [0, 0.1) is 11.8 Å². The lowest BCUT2D eigenvalue weighted by Gasteiger charge is -2.31. The van der Waals surface area contributed by atoms with Crippen molar-refractivity contribution in [2.24, 2.45) is 11.8 Å². The molecule has 1 saturated heterocycles. The van der Waals surface area contributed by atoms with Crippen molar-refractivity contribution < 1.29 is 14.0 Å². The zero-order valence-corrected chi connectivity index (χ0v) is 14.8. The van der Waals surface area contributed by atoms with Gasteiger partial charge in [0.05, 0.1) is 6.26 Å². The first-order chi connectivity index (χ1) is 12.2. The van der Waals surface area contributed by atoms with Crippen LogP contribution in [0.15, 0.2) is 28.9 Å². The lowest BCUT2D eigenvalue weighted by atomic mass is 9.96. The molecular formula is C20H28N2O3. The highest BCUT2D eigenvalue weighted by molar-refractivity contribution is 5.91. The van der Waals surface area contributed by atoms with Crippen molar-refractivity contribution >= 4 is 17.9 Å². The molecule has 136 valence electrons. The second-order valence-corrected chi connectivity index (χ2v) is 7.28. The first-order valence-electron chi connectivity index (χ1n) is 9.48. The monoisotopic (exact) mass is 344 g/mol. The van der Waals surface area contributed by atoms with Crippen molar-refractivity contribution in [2.45, 2.75) is 44.9 Å². The Bertz CT molecular complexity index is 580. The van der Waals surface area contributed by atoms with E-state index in [9.17, 15) is 9.59 Å². The number of nitrogens with zero attached hydrogens (tertiary/aromatic N) is 1. The van der Waals surface area contributed by atoms with Gasteiger partial charge in [0.25, 0.3) is 0 Å². The summed E-state index contributed by atoms with van der Waals surface area (Å²) in [7, 11) is 0. The molecule has 0 bridgehead atoms. The highest BCUT2D eigenvalue weighted by Crippen LogP contribution is 2.27. The fourth-order valence-electron chi connectivity index (χ4n) is 3.81. The second-order valence-electron chi connectivity index (χ2n) is 7.28. The Balaban J connectivity index is 1.34. The van der Waals surface area contributed by atoms with Gasteiger partial charge in [0, 0.05) is 32.1 Å². The number of rotatable bonds is 6. The molecule has 2 fully saturated rings. The van der Waals surface area contributed by atoms with Crippen LogP contribution in [0.25, 0.3) is 6.08 Å². The summed E-state index contributed by atoms with van der Waals surface area (Å²) in [6, 6.07) is 3.63. The standard InChI is InChI=1S/C20H28N2O3/c23-19(14-16-4-1-2-5-16)21-15-17-9-11-22(12-10-17)20(24)8-7-18-6-3-13-25-18/h3,6-8,13,16-17H,1-2,4-5,9-12,14-15H2,(H,21,23)/b8-7+. The van der Waals surface area contributed by atoms with E-state index in [0.29, 0.717) is 24.0 Å². The second kappa shape index (κ2) is 8.88. The molecule has 0 radical (unpaired) electrons. The molecule has 5 heteroatoms. The molecule has 2 aliphatic rings. The molecule has 5 nitrogen and oxygen atoms in total. The summed E-state index contributed by atoms with van der Waals surface area (Å²) >= 11 is 0. The normalized spacial score (nSPS) is 19.6. The van der Waals surface area contributed by atoms with Crippen molar-refractivity contribution in [1.82, 2.24) is 10.2 Å². The van der Waals surface area contributed by atoms with Gasteiger partial charge < -0.3 is 14.6 Å². The molecule has 3 rings (SSSR count). The minimum atomic E-state index is 0.0279. The summed E-state index contributed by atoms with van der Waals surface area (Å²) in [5.74, 6) is 1.99. The minimum absolute atomic E-state index is 0.0279. The van der Waals surface area contributed by atoms with E-state index in [1.165, 1.54) is 25.7 Å². The van der Waals surface area contributed by atoms with Gasteiger partial charge in [-0.3, -0.25) is 9.59 Å². The number of furan rings is 1. The fourth-order valence-corrected chi connectivity index (χ4v) is 3.81. The zero-order valence-electron chi connectivity index (χ0n) is 14.8. The predicted molar refractivity (Wildman–Crippen MR) is 96.6 cm³/mol. The van der Waals surface area contributed by atoms with Gasteiger partial charge in [-0.15, -0.1) is 0 Å². The predicted octanol–water partition coefficient (Wildman–Crippen LogP) is 3.23. The number of carbonyl (C=O) groups excluding carboxylic acids is 2. The quantitative estimate of drug-likeness (QED) is 0.806. The highest BCUT2D eigenvalue weighted by Gasteiger charge is 2.23. The molecule has 1 N–H and O–H groups in total. The van der Waals surface area contributed by atoms with Crippen LogP contribution in [-0.4, -0.2) is 36.3 Å². The summed E-state index contributed by atoms with van der Waals surface area (Å²) in [6.45, 7) is 2.25. The third-order valence-electron chi connectivity index (χ3n) is 5.40. The molecule has 1 aromatic heterocycles. The van der Waals surface area contributed by atoms with E-state index in [2.05, 4.69) is 5.32 Å². The van der Waals surface area contributed by atoms with Crippen molar-refractivity contribution in [2.75, 3.05) is 19.6 Å². The van der Waals surface area contributed by atoms with Crippen LogP contribution in [0.3, 0.4) is 0 Å². The molecule has 25 heavy (non-hydrogen) atoms. The largest absolute Gasteiger partial charge is 0.465 e. The Morgan fingerprint density at radius 3 is 2.60 bits per heavy atom. The van der Waals surface area contributed by atoms with Crippen LogP contribution in [0.5, 0.6) is 0 Å². The third-order valence-corrected chi connectivity index (χ3v) is 5.40. The van der Waals surface area contributed by atoms with Crippen LogP contribution < -0.4 is 5.32 Å². The highest BCUT2D eigenvalue weighted by atomic mass is 16.3. The van der Waals surface area contributed by atoms with E-state index in [0.717, 1.165) is 32.5 Å². The Morgan fingerprint density at radius 1 is 1.16 bits per heavy atom. The Morgan fingerprint density at radius 2 is 1.92 bits per heavy atom. The molecule has 1 aliphatic heterocycles. The first kappa shape index (κ1) is 17.8. The maximum atomic E-state index is 12.2. The van der Waals surface area contributed by atoms with Crippen LogP contribution in [0.1, 0.15) is 50.7 Å². The number of carbonyl (C=O) groups is 2. The van der Waals surface area contributed by atoms with Crippen LogP contribution in [0.4, 0.5) is 0 Å². The molecule has 0 spiro atoms. The third kappa shape index (κ3) is 5.48. The lowest BCUT2D eigenvalue weighted by molar-refractivity contribution is -0.127. The maximum Gasteiger partial charge on any atom is 0.246 e. The van der Waals surface area contributed by atoms with E-state index in [-0.39, 0.29) is 11.8 Å². The van der Waals surface area contributed by atoms with E-state index in [4.69, 9.17) is 4.42 Å². The Kier molecular flexibility index (Phi) is 6.31. The number of piperidine rings is 1. The zero-order chi connectivity index (χ0) is 17.5. The molecule has 0 unspecified atom stereocenters. The fraction of sp³-hybridized carbons (Fsp3) is 0.600. The summed E-state index contributed by atoms with van der Waals surface area (Å²) in [5, 5.41) is 3.10. The molecular weight excluding hydrogens is 316 g/mol. The number of likely N-dealkylation sites (tertiary alicyclic amines) is 1. The van der Waals surface area contributed by atoms with E-state index in [1.54, 1.807) is 24.5 Å². The molecule has 1 aromatic rings. The SMILES string of the molecule is O=C(CC1CCCC1)NCC1CCN(C(=O)/C=C/c2ccco2)CC1. The van der Waals surface area contributed by atoms with Crippen LogP contribution in [-0.2, 0) is 9.59 Å². The number of nitrogens with one attached hydrogen (secondary N) is 1. The Labute approximate surface area is 149 Å². The summed E-state index contributed by atoms with van der Waals surface area (Å²) in [5.41, 5.74) is 0. The first-order valence-corrected chi connectivity index (χ1v) is 9.48. The molecule has 1 aliphatic carbocycles. The maximum absolute atomic E-state index is 12.2. The van der Waals surface area contributed by atoms with Gasteiger partial charge in [0.15, 0.2) is 0 Å². The molecule has 1 saturated carbocycles. The summed E-state index contributed by atoms with van der Waals surface area (Å²) in [6.07, 6.45) is 12.4. The van der Waals surface area contributed by atoms with Crippen LogP contribution in [0.2, 0.25) is 0 Å². The Hall–Kier alpha value is -2.04. The minimum Gasteiger partial charge on any atom is -0.465 e. The van der Waals surface area contributed by atoms with Gasteiger partial charge in [-0.25, -0.2) is 0 Å². The van der Waals surface area contributed by atoms with Crippen molar-refractivity contribution in [3.63, 3.8) is 0 Å². The van der Waals surface area contributed by atoms with E-state index < -0.39 is 0 Å². The summed E-state index contributed by atoms with van der Waals surface area (Å²) < 4.78 is 5.19. The topological polar surface area (TPSA) is 62.6 Å².